The molecule has 10 heteroatoms. The van der Waals surface area contributed by atoms with Crippen molar-refractivity contribution < 1.29 is 48.7 Å². The van der Waals surface area contributed by atoms with Gasteiger partial charge >= 0.3 is 17.9 Å². The molecule has 0 aromatic heterocycles. The van der Waals surface area contributed by atoms with Crippen LogP contribution in [-0.2, 0) is 33.3 Å². The number of rotatable bonds is 8. The summed E-state index contributed by atoms with van der Waals surface area (Å²) in [5.41, 5.74) is -1.41. The van der Waals surface area contributed by atoms with Crippen molar-refractivity contribution in [2.45, 2.75) is 124 Å². The standard InChI is InChI=1S/C35H54O10/c1-19(2)24-16-28(44-20(3)36)34(9)25-12-11-23(22-15-27(38)35(41,43-18-22)31(5,6)40)32(25,7)14-13-26(34)33(24,8)29(45-21(4)37)17-30(39)42-10/h12,22-24,26-29,38,40-41H,1,11,13-18H2,2-10H3/t22-,23+,24+,26-,27-,28-,29?,32+,33+,34+,35?/m1/s1. The summed E-state index contributed by atoms with van der Waals surface area (Å²) >= 11 is 0. The molecule has 0 aromatic carbocycles. The molecular formula is C35H54O10. The molecular weight excluding hydrogens is 580 g/mol. The maximum atomic E-state index is 12.7. The first-order valence-corrected chi connectivity index (χ1v) is 16.2. The van der Waals surface area contributed by atoms with Crippen molar-refractivity contribution in [3.8, 4) is 0 Å². The van der Waals surface area contributed by atoms with Gasteiger partial charge in [0.05, 0.1) is 20.1 Å². The van der Waals surface area contributed by atoms with Crippen molar-refractivity contribution in [3.63, 3.8) is 0 Å². The molecule has 1 saturated heterocycles. The molecule has 0 bridgehead atoms. The Morgan fingerprint density at radius 1 is 1.13 bits per heavy atom. The number of hydrogen-bond acceptors (Lipinski definition) is 10. The fraction of sp³-hybridized carbons (Fsp3) is 0.800. The van der Waals surface area contributed by atoms with Crippen LogP contribution in [0.2, 0.25) is 0 Å². The van der Waals surface area contributed by atoms with Gasteiger partial charge in [-0.3, -0.25) is 14.4 Å². The van der Waals surface area contributed by atoms with Gasteiger partial charge in [0.2, 0.25) is 5.79 Å². The Morgan fingerprint density at radius 2 is 1.78 bits per heavy atom. The fourth-order valence-electron chi connectivity index (χ4n) is 10.1. The second-order valence-corrected chi connectivity index (χ2v) is 15.3. The summed E-state index contributed by atoms with van der Waals surface area (Å²) in [6, 6.07) is 0. The number of carbonyl (C=O) groups is 3. The number of aliphatic hydroxyl groups excluding tert-OH is 1. The number of allylic oxidation sites excluding steroid dienone is 2. The number of methoxy groups -OCH3 is 1. The first kappa shape index (κ1) is 35.6. The van der Waals surface area contributed by atoms with E-state index >= 15 is 0 Å². The van der Waals surface area contributed by atoms with Crippen LogP contribution >= 0.6 is 0 Å². The molecule has 3 N–H and O–H groups in total. The summed E-state index contributed by atoms with van der Waals surface area (Å²) in [6.07, 6.45) is 2.45. The van der Waals surface area contributed by atoms with E-state index in [2.05, 4.69) is 33.4 Å². The van der Waals surface area contributed by atoms with Crippen LogP contribution in [0.3, 0.4) is 0 Å². The molecule has 0 radical (unpaired) electrons. The Labute approximate surface area is 267 Å². The van der Waals surface area contributed by atoms with Crippen molar-refractivity contribution in [1.82, 2.24) is 0 Å². The first-order chi connectivity index (χ1) is 20.7. The van der Waals surface area contributed by atoms with Crippen molar-refractivity contribution in [2.75, 3.05) is 13.7 Å². The zero-order valence-electron chi connectivity index (χ0n) is 28.5. The molecule has 11 atom stereocenters. The van der Waals surface area contributed by atoms with Crippen LogP contribution in [0.1, 0.15) is 93.9 Å². The van der Waals surface area contributed by atoms with Crippen LogP contribution in [0.25, 0.3) is 0 Å². The van der Waals surface area contributed by atoms with E-state index in [1.54, 1.807) is 0 Å². The van der Waals surface area contributed by atoms with Crippen LogP contribution in [0.15, 0.2) is 23.8 Å². The highest BCUT2D eigenvalue weighted by atomic mass is 16.7. The van der Waals surface area contributed by atoms with E-state index < -0.39 is 52.5 Å². The van der Waals surface area contributed by atoms with Gasteiger partial charge in [0.25, 0.3) is 0 Å². The minimum atomic E-state index is -2.07. The summed E-state index contributed by atoms with van der Waals surface area (Å²) in [7, 11) is 1.32. The van der Waals surface area contributed by atoms with Crippen LogP contribution in [-0.4, -0.2) is 76.6 Å². The third-order valence-electron chi connectivity index (χ3n) is 12.3. The number of carbonyl (C=O) groups excluding carboxylic acids is 3. The largest absolute Gasteiger partial charge is 0.469 e. The van der Waals surface area contributed by atoms with Crippen LogP contribution in [0.4, 0.5) is 0 Å². The lowest BCUT2D eigenvalue weighted by Crippen LogP contribution is -2.66. The maximum Gasteiger partial charge on any atom is 0.309 e. The average molecular weight is 635 g/mol. The van der Waals surface area contributed by atoms with Crippen LogP contribution < -0.4 is 0 Å². The van der Waals surface area contributed by atoms with Gasteiger partial charge in [0, 0.05) is 24.7 Å². The zero-order chi connectivity index (χ0) is 33.9. The van der Waals surface area contributed by atoms with E-state index in [4.69, 9.17) is 18.9 Å². The number of hydrogen-bond donors (Lipinski definition) is 3. The minimum Gasteiger partial charge on any atom is -0.469 e. The molecule has 0 spiro atoms. The summed E-state index contributed by atoms with van der Waals surface area (Å²) in [6.45, 7) is 18.5. The van der Waals surface area contributed by atoms with E-state index in [-0.39, 0.29) is 54.5 Å². The summed E-state index contributed by atoms with van der Waals surface area (Å²) in [5.74, 6) is -3.84. The smallest absolute Gasteiger partial charge is 0.309 e. The number of ether oxygens (including phenoxy) is 4. The van der Waals surface area contributed by atoms with Crippen molar-refractivity contribution in [1.29, 1.82) is 0 Å². The van der Waals surface area contributed by atoms with E-state index in [1.165, 1.54) is 34.8 Å². The predicted molar refractivity (Wildman–Crippen MR) is 165 cm³/mol. The Kier molecular flexibility index (Phi) is 9.54. The minimum absolute atomic E-state index is 0.0636. The number of aliphatic hydroxyl groups is 3. The fourth-order valence-corrected chi connectivity index (χ4v) is 10.1. The normalized spacial score (nSPS) is 42.0. The second kappa shape index (κ2) is 12.1. The molecule has 1 heterocycles. The second-order valence-electron chi connectivity index (χ2n) is 15.3. The molecule has 4 aliphatic rings. The van der Waals surface area contributed by atoms with Gasteiger partial charge in [0.1, 0.15) is 23.9 Å². The summed E-state index contributed by atoms with van der Waals surface area (Å²) in [4.78, 5) is 37.8. The van der Waals surface area contributed by atoms with Gasteiger partial charge in [0.15, 0.2) is 0 Å². The SMILES string of the molecule is C=C(C)[C@@H]1C[C@@H](OC(C)=O)[C@@]2(C)C3=CC[C@@H]([C@H]4COC(O)(C(C)(C)O)[C@H](O)C4)[C@]3(C)CC[C@@H]2[C@@]1(C)C(CC(=O)OC)OC(C)=O. The Bertz CT molecular complexity index is 1240. The molecule has 0 aromatic rings. The van der Waals surface area contributed by atoms with E-state index in [9.17, 15) is 29.7 Å². The van der Waals surface area contributed by atoms with Gasteiger partial charge in [-0.25, -0.2) is 0 Å². The average Bonchev–Trinajstić information content (AvgIpc) is 3.28. The molecule has 1 aliphatic heterocycles. The van der Waals surface area contributed by atoms with Gasteiger partial charge in [-0.15, -0.1) is 0 Å². The summed E-state index contributed by atoms with van der Waals surface area (Å²) < 4.78 is 23.0. The van der Waals surface area contributed by atoms with Crippen LogP contribution in [0.5, 0.6) is 0 Å². The van der Waals surface area contributed by atoms with Gasteiger partial charge in [-0.2, -0.15) is 0 Å². The highest BCUT2D eigenvalue weighted by Gasteiger charge is 2.69. The Morgan fingerprint density at radius 3 is 2.29 bits per heavy atom. The topological polar surface area (TPSA) is 149 Å². The lowest BCUT2D eigenvalue weighted by molar-refractivity contribution is -0.353. The third kappa shape index (κ3) is 5.68. The highest BCUT2D eigenvalue weighted by molar-refractivity contribution is 5.71. The number of esters is 3. The van der Waals surface area contributed by atoms with E-state index in [0.717, 1.165) is 17.6 Å². The summed E-state index contributed by atoms with van der Waals surface area (Å²) in [5, 5.41) is 32.6. The quantitative estimate of drug-likeness (QED) is 0.201. The molecule has 254 valence electrons. The Hall–Kier alpha value is -2.27. The van der Waals surface area contributed by atoms with E-state index in [0.29, 0.717) is 19.3 Å². The lowest BCUT2D eigenvalue weighted by Gasteiger charge is -2.66. The molecule has 3 fully saturated rings. The highest BCUT2D eigenvalue weighted by Crippen LogP contribution is 2.72. The maximum absolute atomic E-state index is 12.7. The molecule has 4 rings (SSSR count). The zero-order valence-corrected chi connectivity index (χ0v) is 28.5. The van der Waals surface area contributed by atoms with Crippen molar-refractivity contribution in [2.24, 2.45) is 39.9 Å². The van der Waals surface area contributed by atoms with Crippen molar-refractivity contribution >= 4 is 17.9 Å². The third-order valence-corrected chi connectivity index (χ3v) is 12.3. The predicted octanol–water partition coefficient (Wildman–Crippen LogP) is 4.24. The van der Waals surface area contributed by atoms with Crippen LogP contribution in [0, 0.1) is 39.9 Å². The van der Waals surface area contributed by atoms with Gasteiger partial charge in [-0.1, -0.05) is 44.6 Å². The number of fused-ring (bicyclic) bond motifs is 3. The van der Waals surface area contributed by atoms with Gasteiger partial charge in [-0.05, 0) is 82.0 Å². The monoisotopic (exact) mass is 634 g/mol. The molecule has 3 aliphatic carbocycles. The molecule has 10 nitrogen and oxygen atoms in total. The van der Waals surface area contributed by atoms with Gasteiger partial charge < -0.3 is 34.3 Å². The molecule has 2 saturated carbocycles. The first-order valence-electron chi connectivity index (χ1n) is 16.2. The molecule has 0 amide bonds. The van der Waals surface area contributed by atoms with E-state index in [1.807, 2.05) is 6.92 Å². The lowest BCUT2D eigenvalue weighted by atomic mass is 9.40. The van der Waals surface area contributed by atoms with Crippen molar-refractivity contribution in [3.05, 3.63) is 23.8 Å². The Balaban J connectivity index is 1.79. The molecule has 45 heavy (non-hydrogen) atoms. The molecule has 2 unspecified atom stereocenters.